The van der Waals surface area contributed by atoms with Crippen molar-refractivity contribution in [2.45, 2.75) is 32.6 Å². The Balaban J connectivity index is 2.55. The summed E-state index contributed by atoms with van der Waals surface area (Å²) in [5.74, 6) is 0.0207. The highest BCUT2D eigenvalue weighted by Gasteiger charge is 2.13. The van der Waals surface area contributed by atoms with Gasteiger partial charge in [0.1, 0.15) is 0 Å². The monoisotopic (exact) mass is 231 g/mol. The zero-order chi connectivity index (χ0) is 12.7. The molecule has 1 rings (SSSR count). The molecule has 17 heavy (non-hydrogen) atoms. The number of carbonyl (C=O) groups is 1. The van der Waals surface area contributed by atoms with Crippen molar-refractivity contribution in [3.05, 3.63) is 42.5 Å². The molecule has 0 N–H and O–H groups in total. The van der Waals surface area contributed by atoms with E-state index in [1.807, 2.05) is 30.3 Å². The fraction of sp³-hybridized carbons (Fsp3) is 0.400. The summed E-state index contributed by atoms with van der Waals surface area (Å²) in [6.45, 7) is 6.04. The Kier molecular flexibility index (Phi) is 5.47. The number of para-hydroxylation sites is 1. The number of rotatable bonds is 6. The number of likely N-dealkylation sites (N-methyl/N-ethyl adjacent to an activating group) is 1. The van der Waals surface area contributed by atoms with Gasteiger partial charge in [-0.2, -0.15) is 0 Å². The molecule has 0 heterocycles. The zero-order valence-corrected chi connectivity index (χ0v) is 10.8. The molecule has 1 amide bonds. The van der Waals surface area contributed by atoms with Crippen LogP contribution in [0.15, 0.2) is 42.5 Å². The first kappa shape index (κ1) is 13.5. The van der Waals surface area contributed by atoms with E-state index < -0.39 is 0 Å². The maximum atomic E-state index is 12.1. The van der Waals surface area contributed by atoms with Crippen molar-refractivity contribution in [1.82, 2.24) is 0 Å². The molecule has 0 saturated heterocycles. The van der Waals surface area contributed by atoms with Crippen LogP contribution >= 0.6 is 0 Å². The highest BCUT2D eigenvalue weighted by atomic mass is 16.2. The number of nitrogens with zero attached hydrogens (tertiary/aromatic N) is 1. The Morgan fingerprint density at radius 2 is 1.88 bits per heavy atom. The van der Waals surface area contributed by atoms with Crippen LogP contribution in [0.3, 0.4) is 0 Å². The Morgan fingerprint density at radius 3 is 2.47 bits per heavy atom. The fourth-order valence-corrected chi connectivity index (χ4v) is 1.70. The van der Waals surface area contributed by atoms with Crippen LogP contribution in [-0.4, -0.2) is 13.0 Å². The predicted octanol–water partition coefficient (Wildman–Crippen LogP) is 3.79. The summed E-state index contributed by atoms with van der Waals surface area (Å²) < 4.78 is 0. The fourth-order valence-electron chi connectivity index (χ4n) is 1.70. The Labute approximate surface area is 104 Å². The van der Waals surface area contributed by atoms with Gasteiger partial charge in [0.2, 0.25) is 0 Å². The first-order chi connectivity index (χ1) is 8.16. The van der Waals surface area contributed by atoms with E-state index in [1.165, 1.54) is 0 Å². The number of hydrogen-bond acceptors (Lipinski definition) is 1. The minimum atomic E-state index is 0.0207. The van der Waals surface area contributed by atoms with Crippen LogP contribution in [0.1, 0.15) is 32.6 Å². The first-order valence-corrected chi connectivity index (χ1v) is 6.17. The van der Waals surface area contributed by atoms with Crippen molar-refractivity contribution >= 4 is 11.6 Å². The SMILES string of the molecule is C=C(CCCCC)C(=O)N(C)c1ccccc1. The van der Waals surface area contributed by atoms with Crippen LogP contribution in [0.2, 0.25) is 0 Å². The Morgan fingerprint density at radius 1 is 1.24 bits per heavy atom. The quantitative estimate of drug-likeness (QED) is 0.539. The van der Waals surface area contributed by atoms with Crippen molar-refractivity contribution in [1.29, 1.82) is 0 Å². The molecule has 0 aliphatic heterocycles. The second kappa shape index (κ2) is 6.89. The largest absolute Gasteiger partial charge is 0.312 e. The van der Waals surface area contributed by atoms with Gasteiger partial charge in [-0.25, -0.2) is 0 Å². The van der Waals surface area contributed by atoms with Gasteiger partial charge < -0.3 is 4.90 Å². The molecule has 0 aliphatic carbocycles. The molecule has 0 unspecified atom stereocenters. The highest BCUT2D eigenvalue weighted by Crippen LogP contribution is 2.16. The molecule has 2 heteroatoms. The van der Waals surface area contributed by atoms with E-state index in [9.17, 15) is 4.79 Å². The van der Waals surface area contributed by atoms with Crippen molar-refractivity contribution < 1.29 is 4.79 Å². The number of unbranched alkanes of at least 4 members (excludes halogenated alkanes) is 2. The van der Waals surface area contributed by atoms with Gasteiger partial charge in [0.25, 0.3) is 5.91 Å². The molecule has 0 bridgehead atoms. The molecule has 0 radical (unpaired) electrons. The van der Waals surface area contributed by atoms with Crippen LogP contribution in [0.25, 0.3) is 0 Å². The van der Waals surface area contributed by atoms with Crippen LogP contribution in [0.5, 0.6) is 0 Å². The van der Waals surface area contributed by atoms with E-state index in [4.69, 9.17) is 0 Å². The second-order valence-electron chi connectivity index (χ2n) is 4.26. The maximum Gasteiger partial charge on any atom is 0.253 e. The molecule has 0 saturated carbocycles. The van der Waals surface area contributed by atoms with Gasteiger partial charge >= 0.3 is 0 Å². The molecule has 1 aromatic rings. The Hall–Kier alpha value is -1.57. The molecule has 0 atom stereocenters. The van der Waals surface area contributed by atoms with E-state index >= 15 is 0 Å². The average Bonchev–Trinajstić information content (AvgIpc) is 2.38. The molecule has 92 valence electrons. The van der Waals surface area contributed by atoms with Crippen molar-refractivity contribution in [3.8, 4) is 0 Å². The number of anilines is 1. The summed E-state index contributed by atoms with van der Waals surface area (Å²) in [5.41, 5.74) is 1.61. The summed E-state index contributed by atoms with van der Waals surface area (Å²) in [6.07, 6.45) is 4.16. The van der Waals surface area contributed by atoms with Crippen LogP contribution in [-0.2, 0) is 4.79 Å². The molecule has 0 aliphatic rings. The van der Waals surface area contributed by atoms with Crippen molar-refractivity contribution in [2.24, 2.45) is 0 Å². The molecular weight excluding hydrogens is 210 g/mol. The van der Waals surface area contributed by atoms with E-state index in [0.29, 0.717) is 5.57 Å². The minimum absolute atomic E-state index is 0.0207. The topological polar surface area (TPSA) is 20.3 Å². The van der Waals surface area contributed by atoms with Crippen LogP contribution in [0.4, 0.5) is 5.69 Å². The molecule has 0 aromatic heterocycles. The summed E-state index contributed by atoms with van der Waals surface area (Å²) >= 11 is 0. The number of benzene rings is 1. The lowest BCUT2D eigenvalue weighted by Gasteiger charge is -2.18. The van der Waals surface area contributed by atoms with Crippen molar-refractivity contribution in [2.75, 3.05) is 11.9 Å². The van der Waals surface area contributed by atoms with E-state index in [-0.39, 0.29) is 5.91 Å². The van der Waals surface area contributed by atoms with Gasteiger partial charge in [-0.05, 0) is 25.0 Å². The minimum Gasteiger partial charge on any atom is -0.312 e. The van der Waals surface area contributed by atoms with Gasteiger partial charge in [0, 0.05) is 18.3 Å². The van der Waals surface area contributed by atoms with Gasteiger partial charge in [-0.1, -0.05) is 44.5 Å². The third-order valence-electron chi connectivity index (χ3n) is 2.83. The lowest BCUT2D eigenvalue weighted by atomic mass is 10.1. The van der Waals surface area contributed by atoms with Crippen LogP contribution < -0.4 is 4.90 Å². The number of carbonyl (C=O) groups excluding carboxylic acids is 1. The molecule has 0 fully saturated rings. The smallest absolute Gasteiger partial charge is 0.253 e. The summed E-state index contributed by atoms with van der Waals surface area (Å²) in [4.78, 5) is 13.7. The predicted molar refractivity (Wildman–Crippen MR) is 73.1 cm³/mol. The Bertz CT molecular complexity index is 370. The van der Waals surface area contributed by atoms with Gasteiger partial charge in [-0.3, -0.25) is 4.79 Å². The molecule has 0 spiro atoms. The lowest BCUT2D eigenvalue weighted by Crippen LogP contribution is -2.27. The average molecular weight is 231 g/mol. The number of hydrogen-bond donors (Lipinski definition) is 0. The zero-order valence-electron chi connectivity index (χ0n) is 10.8. The molecule has 2 nitrogen and oxygen atoms in total. The molecule has 1 aromatic carbocycles. The highest BCUT2D eigenvalue weighted by molar-refractivity contribution is 6.04. The third kappa shape index (κ3) is 4.06. The first-order valence-electron chi connectivity index (χ1n) is 6.17. The molecular formula is C15H21NO. The van der Waals surface area contributed by atoms with Crippen LogP contribution in [0, 0.1) is 0 Å². The lowest BCUT2D eigenvalue weighted by molar-refractivity contribution is -0.115. The van der Waals surface area contributed by atoms with Gasteiger partial charge in [0.05, 0.1) is 0 Å². The summed E-state index contributed by atoms with van der Waals surface area (Å²) in [6, 6.07) is 9.66. The second-order valence-corrected chi connectivity index (χ2v) is 4.26. The summed E-state index contributed by atoms with van der Waals surface area (Å²) in [7, 11) is 1.79. The van der Waals surface area contributed by atoms with E-state index in [2.05, 4.69) is 13.5 Å². The third-order valence-corrected chi connectivity index (χ3v) is 2.83. The normalized spacial score (nSPS) is 10.0. The number of amides is 1. The maximum absolute atomic E-state index is 12.1. The van der Waals surface area contributed by atoms with E-state index in [1.54, 1.807) is 11.9 Å². The standard InChI is InChI=1S/C15H21NO/c1-4-5-7-10-13(2)15(17)16(3)14-11-8-6-9-12-14/h6,8-9,11-12H,2,4-5,7,10H2,1,3H3. The van der Waals surface area contributed by atoms with Crippen molar-refractivity contribution in [3.63, 3.8) is 0 Å². The van der Waals surface area contributed by atoms with Gasteiger partial charge in [-0.15, -0.1) is 0 Å². The van der Waals surface area contributed by atoms with Gasteiger partial charge in [0.15, 0.2) is 0 Å². The van der Waals surface area contributed by atoms with E-state index in [0.717, 1.165) is 31.4 Å². The summed E-state index contributed by atoms with van der Waals surface area (Å²) in [5, 5.41) is 0.